The highest BCUT2D eigenvalue weighted by Crippen LogP contribution is 2.36. The molecule has 1 aliphatic carbocycles. The molecule has 1 fully saturated rings. The average molecular weight is 522 g/mol. The zero-order valence-electron chi connectivity index (χ0n) is 20.7. The summed E-state index contributed by atoms with van der Waals surface area (Å²) in [7, 11) is 1.73. The maximum absolute atomic E-state index is 14.2. The Morgan fingerprint density at radius 3 is 2.42 bits per heavy atom. The Balaban J connectivity index is 1.90. The van der Waals surface area contributed by atoms with Crippen molar-refractivity contribution in [2.24, 2.45) is 5.92 Å². The summed E-state index contributed by atoms with van der Waals surface area (Å²) in [5.74, 6) is -1.13. The smallest absolute Gasteiger partial charge is 0.341 e. The number of carboxylic acid groups (broad SMARTS) is 1. The summed E-state index contributed by atoms with van der Waals surface area (Å²) in [5.41, 5.74) is 1.19. The molecule has 0 atom stereocenters. The van der Waals surface area contributed by atoms with Gasteiger partial charge in [0.1, 0.15) is 11.6 Å². The quantitative estimate of drug-likeness (QED) is 0.354. The van der Waals surface area contributed by atoms with Crippen molar-refractivity contribution in [3.8, 4) is 5.75 Å². The van der Waals surface area contributed by atoms with Crippen molar-refractivity contribution < 1.29 is 28.6 Å². The molecule has 196 valence electrons. The third-order valence-corrected chi connectivity index (χ3v) is 6.28. The van der Waals surface area contributed by atoms with Crippen LogP contribution in [0.3, 0.4) is 0 Å². The number of carboxylic acids is 1. The number of hydrogen-bond donors (Lipinski definition) is 3. The molecule has 0 bridgehead atoms. The third kappa shape index (κ3) is 7.73. The van der Waals surface area contributed by atoms with E-state index >= 15 is 0 Å². The minimum atomic E-state index is -1.11. The summed E-state index contributed by atoms with van der Waals surface area (Å²) < 4.78 is 25.1. The molecular formula is C26H33ClFN3O5. The van der Waals surface area contributed by atoms with Crippen molar-refractivity contribution >= 4 is 40.7 Å². The molecule has 0 radical (unpaired) electrons. The first-order valence-electron chi connectivity index (χ1n) is 12.0. The number of benzene rings is 2. The Hall–Kier alpha value is -3.04. The molecule has 0 aliphatic heterocycles. The number of hydrogen-bond acceptors (Lipinski definition) is 5. The summed E-state index contributed by atoms with van der Waals surface area (Å²) in [6.07, 6.45) is 3.99. The highest BCUT2D eigenvalue weighted by Gasteiger charge is 2.28. The number of anilines is 3. The number of ether oxygens (including phenoxy) is 2. The van der Waals surface area contributed by atoms with Crippen molar-refractivity contribution in [1.82, 2.24) is 0 Å². The zero-order chi connectivity index (χ0) is 26.2. The number of carbonyl (C=O) groups is 2. The maximum Gasteiger partial charge on any atom is 0.341 e. The topological polar surface area (TPSA) is 100 Å². The molecule has 0 heterocycles. The van der Waals surface area contributed by atoms with Gasteiger partial charge in [0.05, 0.1) is 23.2 Å². The summed E-state index contributed by atoms with van der Waals surface area (Å²) in [4.78, 5) is 26.1. The van der Waals surface area contributed by atoms with E-state index in [1.165, 1.54) is 12.1 Å². The molecule has 0 saturated heterocycles. The molecular weight excluding hydrogens is 489 g/mol. The molecule has 8 nitrogen and oxygen atoms in total. The van der Waals surface area contributed by atoms with E-state index in [1.807, 2.05) is 6.07 Å². The Morgan fingerprint density at radius 2 is 1.81 bits per heavy atom. The van der Waals surface area contributed by atoms with Gasteiger partial charge in [0, 0.05) is 30.8 Å². The van der Waals surface area contributed by atoms with E-state index < -0.39 is 24.4 Å². The number of nitrogens with zero attached hydrogens (tertiary/aromatic N) is 1. The Bertz CT molecular complexity index is 1060. The van der Waals surface area contributed by atoms with Crippen LogP contribution < -0.4 is 20.3 Å². The van der Waals surface area contributed by atoms with E-state index in [2.05, 4.69) is 29.4 Å². The number of carbonyl (C=O) groups excluding carboxylic acids is 1. The SMILES string of the molecule is COC1CCC(N(CC(C)C)c2ccc(OCC(=O)O)cc2NC(=O)Nc2ccc(Cl)cc2F)CC1. The molecule has 36 heavy (non-hydrogen) atoms. The van der Waals surface area contributed by atoms with Crippen LogP contribution in [0.15, 0.2) is 36.4 Å². The fourth-order valence-electron chi connectivity index (χ4n) is 4.40. The van der Waals surface area contributed by atoms with Crippen LogP contribution in [0.4, 0.5) is 26.2 Å². The summed E-state index contributed by atoms with van der Waals surface area (Å²) in [6.45, 7) is 4.49. The molecule has 2 amide bonds. The van der Waals surface area contributed by atoms with Crippen LogP contribution in [0.2, 0.25) is 5.02 Å². The van der Waals surface area contributed by atoms with Crippen LogP contribution in [0, 0.1) is 11.7 Å². The van der Waals surface area contributed by atoms with Crippen molar-refractivity contribution in [2.45, 2.75) is 51.7 Å². The van der Waals surface area contributed by atoms with Gasteiger partial charge in [-0.05, 0) is 61.9 Å². The molecule has 1 aliphatic rings. The second-order valence-electron chi connectivity index (χ2n) is 9.28. The van der Waals surface area contributed by atoms with E-state index in [4.69, 9.17) is 26.2 Å². The van der Waals surface area contributed by atoms with Crippen LogP contribution in [-0.2, 0) is 9.53 Å². The highest BCUT2D eigenvalue weighted by molar-refractivity contribution is 6.30. The number of halogens is 2. The lowest BCUT2D eigenvalue weighted by molar-refractivity contribution is -0.139. The summed E-state index contributed by atoms with van der Waals surface area (Å²) >= 11 is 5.80. The molecule has 0 aromatic heterocycles. The van der Waals surface area contributed by atoms with Gasteiger partial charge in [0.2, 0.25) is 0 Å². The number of rotatable bonds is 10. The number of nitrogens with one attached hydrogen (secondary N) is 2. The lowest BCUT2D eigenvalue weighted by atomic mass is 9.90. The first-order chi connectivity index (χ1) is 17.2. The minimum Gasteiger partial charge on any atom is -0.482 e. The van der Waals surface area contributed by atoms with E-state index in [0.29, 0.717) is 17.4 Å². The molecule has 0 unspecified atom stereocenters. The second-order valence-corrected chi connectivity index (χ2v) is 9.71. The van der Waals surface area contributed by atoms with Gasteiger partial charge in [-0.1, -0.05) is 25.4 Å². The fourth-order valence-corrected chi connectivity index (χ4v) is 4.56. The molecule has 10 heteroatoms. The van der Waals surface area contributed by atoms with Gasteiger partial charge in [0.25, 0.3) is 0 Å². The first-order valence-corrected chi connectivity index (χ1v) is 12.3. The Kier molecular flexibility index (Phi) is 9.78. The largest absolute Gasteiger partial charge is 0.482 e. The van der Waals surface area contributed by atoms with Crippen molar-refractivity contribution in [2.75, 3.05) is 35.8 Å². The molecule has 1 saturated carbocycles. The van der Waals surface area contributed by atoms with E-state index in [-0.39, 0.29) is 22.9 Å². The van der Waals surface area contributed by atoms with E-state index in [1.54, 1.807) is 19.2 Å². The maximum atomic E-state index is 14.2. The van der Waals surface area contributed by atoms with Crippen LogP contribution in [0.1, 0.15) is 39.5 Å². The van der Waals surface area contributed by atoms with Gasteiger partial charge in [-0.2, -0.15) is 0 Å². The van der Waals surface area contributed by atoms with Crippen molar-refractivity contribution in [3.05, 3.63) is 47.2 Å². The molecule has 2 aromatic carbocycles. The number of methoxy groups -OCH3 is 1. The summed E-state index contributed by atoms with van der Waals surface area (Å²) in [5, 5.41) is 14.5. The van der Waals surface area contributed by atoms with Gasteiger partial charge in [-0.3, -0.25) is 0 Å². The highest BCUT2D eigenvalue weighted by atomic mass is 35.5. The Labute approximate surface area is 215 Å². The average Bonchev–Trinajstić information content (AvgIpc) is 2.83. The lowest BCUT2D eigenvalue weighted by Gasteiger charge is -2.40. The normalized spacial score (nSPS) is 17.5. The predicted molar refractivity (Wildman–Crippen MR) is 139 cm³/mol. The van der Waals surface area contributed by atoms with Gasteiger partial charge >= 0.3 is 12.0 Å². The van der Waals surface area contributed by atoms with Gasteiger partial charge in [0.15, 0.2) is 6.61 Å². The molecule has 3 N–H and O–H groups in total. The van der Waals surface area contributed by atoms with Gasteiger partial charge in [-0.15, -0.1) is 0 Å². The van der Waals surface area contributed by atoms with Gasteiger partial charge in [-0.25, -0.2) is 14.0 Å². The van der Waals surface area contributed by atoms with Crippen molar-refractivity contribution in [1.29, 1.82) is 0 Å². The van der Waals surface area contributed by atoms with E-state index in [0.717, 1.165) is 44.0 Å². The molecule has 2 aromatic rings. The second kappa shape index (κ2) is 12.8. The standard InChI is InChI=1S/C26H33ClFN3O5/c1-16(2)14-31(18-5-7-19(35-3)8-6-18)24-11-9-20(36-15-25(32)33)13-23(24)30-26(34)29-22-10-4-17(27)12-21(22)28/h4,9-13,16,18-19H,5-8,14-15H2,1-3H3,(H,32,33)(H2,29,30,34). The number of amides is 2. The van der Waals surface area contributed by atoms with Crippen LogP contribution in [0.25, 0.3) is 0 Å². The number of urea groups is 1. The molecule has 3 rings (SSSR count). The third-order valence-electron chi connectivity index (χ3n) is 6.05. The van der Waals surface area contributed by atoms with E-state index in [9.17, 15) is 14.0 Å². The molecule has 0 spiro atoms. The first kappa shape index (κ1) is 27.5. The lowest BCUT2D eigenvalue weighted by Crippen LogP contribution is -2.42. The summed E-state index contributed by atoms with van der Waals surface area (Å²) in [6, 6.07) is 8.65. The number of aliphatic carboxylic acids is 1. The van der Waals surface area contributed by atoms with Crippen LogP contribution >= 0.6 is 11.6 Å². The van der Waals surface area contributed by atoms with Crippen LogP contribution in [-0.4, -0.2) is 49.5 Å². The van der Waals surface area contributed by atoms with Crippen molar-refractivity contribution in [3.63, 3.8) is 0 Å². The van der Waals surface area contributed by atoms with Crippen LogP contribution in [0.5, 0.6) is 5.75 Å². The zero-order valence-corrected chi connectivity index (χ0v) is 21.5. The fraction of sp³-hybridized carbons (Fsp3) is 0.462. The Morgan fingerprint density at radius 1 is 1.11 bits per heavy atom. The monoisotopic (exact) mass is 521 g/mol. The van der Waals surface area contributed by atoms with Gasteiger partial charge < -0.3 is 30.1 Å². The predicted octanol–water partition coefficient (Wildman–Crippen LogP) is 6.01. The minimum absolute atomic E-state index is 0.0198.